The van der Waals surface area contributed by atoms with Crippen LogP contribution in [-0.4, -0.2) is 0 Å². The summed E-state index contributed by atoms with van der Waals surface area (Å²) in [4.78, 5) is 0. The van der Waals surface area contributed by atoms with Crippen LogP contribution in [0.25, 0.3) is 0 Å². The second-order valence-electron chi connectivity index (χ2n) is 4.44. The average molecular weight is 323 g/mol. The number of benzene rings is 2. The van der Waals surface area contributed by atoms with Crippen molar-refractivity contribution < 1.29 is 26.2 Å². The fourth-order valence-corrected chi connectivity index (χ4v) is 2.41. The molecule has 2 aromatic rings. The molecule has 2 aromatic carbocycles. The molecule has 0 heterocycles. The SMILES string of the molecule is C1=CC([C](c2ccccc2)c2ccccc2)C=C1.[Zr]. The zero-order valence-corrected chi connectivity index (χ0v) is 13.1. The first kappa shape index (κ1) is 14.2. The van der Waals surface area contributed by atoms with Gasteiger partial charge in [0.2, 0.25) is 0 Å². The standard InChI is InChI=1S/C18H15.Zr/c1-3-9-15(10-4-1)18(17-13-7-8-14-17)16-11-5-2-6-12-16;/h1-14,17H;. The largest absolute Gasteiger partial charge is 0.0763 e. The minimum absolute atomic E-state index is 0. The van der Waals surface area contributed by atoms with Gasteiger partial charge in [-0.3, -0.25) is 0 Å². The molecule has 3 rings (SSSR count). The van der Waals surface area contributed by atoms with Crippen LogP contribution in [0.1, 0.15) is 11.1 Å². The summed E-state index contributed by atoms with van der Waals surface area (Å²) >= 11 is 0. The summed E-state index contributed by atoms with van der Waals surface area (Å²) in [5, 5.41) is 0. The predicted molar refractivity (Wildman–Crippen MR) is 76.1 cm³/mol. The van der Waals surface area contributed by atoms with Crippen molar-refractivity contribution in [1.82, 2.24) is 0 Å². The summed E-state index contributed by atoms with van der Waals surface area (Å²) in [6.07, 6.45) is 8.73. The van der Waals surface area contributed by atoms with E-state index in [9.17, 15) is 0 Å². The topological polar surface area (TPSA) is 0 Å². The van der Waals surface area contributed by atoms with E-state index >= 15 is 0 Å². The van der Waals surface area contributed by atoms with Gasteiger partial charge in [0.05, 0.1) is 0 Å². The molecule has 0 aliphatic heterocycles. The van der Waals surface area contributed by atoms with Gasteiger partial charge in [0.15, 0.2) is 0 Å². The smallest absolute Gasteiger partial charge is 0.0445 e. The molecule has 0 nitrogen and oxygen atoms in total. The Kier molecular flexibility index (Phi) is 5.10. The van der Waals surface area contributed by atoms with Crippen LogP contribution in [0.2, 0.25) is 0 Å². The third kappa shape index (κ3) is 3.22. The summed E-state index contributed by atoms with van der Waals surface area (Å²) in [5.41, 5.74) is 2.59. The van der Waals surface area contributed by atoms with Crippen LogP contribution in [0.15, 0.2) is 85.0 Å². The Bertz CT molecular complexity index is 503. The van der Waals surface area contributed by atoms with Gasteiger partial charge in [-0.2, -0.15) is 0 Å². The second-order valence-corrected chi connectivity index (χ2v) is 4.44. The van der Waals surface area contributed by atoms with Crippen LogP contribution < -0.4 is 0 Å². The van der Waals surface area contributed by atoms with E-state index in [1.165, 1.54) is 17.0 Å². The van der Waals surface area contributed by atoms with Crippen LogP contribution in [-0.2, 0) is 26.2 Å². The van der Waals surface area contributed by atoms with E-state index < -0.39 is 0 Å². The summed E-state index contributed by atoms with van der Waals surface area (Å²) in [6.45, 7) is 0. The minimum Gasteiger partial charge on any atom is -0.0763 e. The quantitative estimate of drug-likeness (QED) is 0.786. The van der Waals surface area contributed by atoms with E-state index in [4.69, 9.17) is 0 Å². The van der Waals surface area contributed by atoms with Crippen LogP contribution >= 0.6 is 0 Å². The third-order valence-electron chi connectivity index (χ3n) is 3.25. The summed E-state index contributed by atoms with van der Waals surface area (Å²) < 4.78 is 0. The van der Waals surface area contributed by atoms with Crippen molar-refractivity contribution in [2.45, 2.75) is 0 Å². The first-order valence-electron chi connectivity index (χ1n) is 6.28. The molecule has 0 atom stereocenters. The molecule has 91 valence electrons. The molecule has 1 aliphatic rings. The zero-order valence-electron chi connectivity index (χ0n) is 10.7. The van der Waals surface area contributed by atoms with E-state index in [1.54, 1.807) is 0 Å². The summed E-state index contributed by atoms with van der Waals surface area (Å²) in [7, 11) is 0. The Hall–Kier alpha value is -1.20. The zero-order chi connectivity index (χ0) is 12.2. The van der Waals surface area contributed by atoms with Crippen molar-refractivity contribution in [3.05, 3.63) is 102 Å². The van der Waals surface area contributed by atoms with Crippen LogP contribution in [0, 0.1) is 11.8 Å². The van der Waals surface area contributed by atoms with Gasteiger partial charge in [0, 0.05) is 38.0 Å². The Balaban J connectivity index is 0.00000133. The van der Waals surface area contributed by atoms with Gasteiger partial charge in [0.1, 0.15) is 0 Å². The molecule has 19 heavy (non-hydrogen) atoms. The van der Waals surface area contributed by atoms with Gasteiger partial charge in [-0.05, 0) is 11.1 Å². The second kappa shape index (κ2) is 6.82. The van der Waals surface area contributed by atoms with Crippen molar-refractivity contribution in [1.29, 1.82) is 0 Å². The van der Waals surface area contributed by atoms with Crippen LogP contribution in [0.4, 0.5) is 0 Å². The number of allylic oxidation sites excluding steroid dienone is 4. The third-order valence-corrected chi connectivity index (χ3v) is 3.25. The van der Waals surface area contributed by atoms with Crippen LogP contribution in [0.3, 0.4) is 0 Å². The molecule has 0 N–H and O–H groups in total. The normalized spacial score (nSPS) is 13.7. The molecule has 0 aromatic heterocycles. The number of rotatable bonds is 3. The van der Waals surface area contributed by atoms with Gasteiger partial charge in [-0.15, -0.1) is 0 Å². The number of hydrogen-bond acceptors (Lipinski definition) is 0. The molecule has 0 amide bonds. The molecule has 0 bridgehead atoms. The number of hydrogen-bond donors (Lipinski definition) is 0. The maximum atomic E-state index is 2.25. The predicted octanol–water partition coefficient (Wildman–Crippen LogP) is 4.40. The molecule has 0 fully saturated rings. The molecule has 1 aliphatic carbocycles. The Morgan fingerprint density at radius 2 is 1.05 bits per heavy atom. The van der Waals surface area contributed by atoms with E-state index in [-0.39, 0.29) is 26.2 Å². The monoisotopic (exact) mass is 321 g/mol. The van der Waals surface area contributed by atoms with Crippen LogP contribution in [0.5, 0.6) is 0 Å². The molecular formula is C18H15Zr. The van der Waals surface area contributed by atoms with E-state index in [2.05, 4.69) is 85.0 Å². The van der Waals surface area contributed by atoms with Crippen molar-refractivity contribution in [3.63, 3.8) is 0 Å². The van der Waals surface area contributed by atoms with Crippen molar-refractivity contribution >= 4 is 0 Å². The first-order valence-corrected chi connectivity index (χ1v) is 6.28. The molecule has 0 unspecified atom stereocenters. The molecule has 0 saturated carbocycles. The Labute approximate surface area is 134 Å². The van der Waals surface area contributed by atoms with Gasteiger partial charge >= 0.3 is 0 Å². The van der Waals surface area contributed by atoms with E-state index in [0.717, 1.165) is 0 Å². The minimum atomic E-state index is 0. The van der Waals surface area contributed by atoms with E-state index in [0.29, 0.717) is 5.92 Å². The first-order chi connectivity index (χ1) is 8.95. The average Bonchev–Trinajstić information content (AvgIpc) is 2.95. The molecule has 0 spiro atoms. The molecule has 1 radical (unpaired) electrons. The Morgan fingerprint density at radius 1 is 0.632 bits per heavy atom. The maximum Gasteiger partial charge on any atom is 0.0445 e. The molecule has 0 saturated heterocycles. The fourth-order valence-electron chi connectivity index (χ4n) is 2.41. The van der Waals surface area contributed by atoms with Gasteiger partial charge in [0.25, 0.3) is 0 Å². The van der Waals surface area contributed by atoms with Gasteiger partial charge < -0.3 is 0 Å². The van der Waals surface area contributed by atoms with Crippen molar-refractivity contribution in [2.24, 2.45) is 5.92 Å². The summed E-state index contributed by atoms with van der Waals surface area (Å²) in [6, 6.07) is 21.2. The van der Waals surface area contributed by atoms with Gasteiger partial charge in [-0.1, -0.05) is 85.0 Å². The molecule has 1 heteroatoms. The van der Waals surface area contributed by atoms with Crippen molar-refractivity contribution in [2.75, 3.05) is 0 Å². The Morgan fingerprint density at radius 3 is 1.47 bits per heavy atom. The van der Waals surface area contributed by atoms with Gasteiger partial charge in [-0.25, -0.2) is 0 Å². The molecular weight excluding hydrogens is 307 g/mol. The van der Waals surface area contributed by atoms with Crippen molar-refractivity contribution in [3.8, 4) is 0 Å². The fraction of sp³-hybridized carbons (Fsp3) is 0.0556. The summed E-state index contributed by atoms with van der Waals surface area (Å²) in [5.74, 6) is 1.76. The maximum absolute atomic E-state index is 2.25. The van der Waals surface area contributed by atoms with E-state index in [1.807, 2.05) is 0 Å².